The predicted molar refractivity (Wildman–Crippen MR) is 59.7 cm³/mol. The van der Waals surface area contributed by atoms with E-state index in [9.17, 15) is 9.59 Å². The zero-order valence-electron chi connectivity index (χ0n) is 8.30. The van der Waals surface area contributed by atoms with Crippen molar-refractivity contribution in [1.82, 2.24) is 0 Å². The van der Waals surface area contributed by atoms with Gasteiger partial charge < -0.3 is 10.1 Å². The molecular formula is C9H10ClNO3S. The van der Waals surface area contributed by atoms with Crippen molar-refractivity contribution in [2.24, 2.45) is 0 Å². The average Bonchev–Trinajstić information content (AvgIpc) is 2.59. The van der Waals surface area contributed by atoms with E-state index in [0.717, 1.165) is 5.56 Å². The largest absolute Gasteiger partial charge is 0.465 e. The summed E-state index contributed by atoms with van der Waals surface area (Å²) >= 11 is 6.59. The number of alkyl halides is 1. The van der Waals surface area contributed by atoms with Crippen molar-refractivity contribution in [3.63, 3.8) is 0 Å². The third kappa shape index (κ3) is 2.70. The Morgan fingerprint density at radius 2 is 2.27 bits per heavy atom. The Morgan fingerprint density at radius 1 is 1.60 bits per heavy atom. The minimum absolute atomic E-state index is 0.143. The summed E-state index contributed by atoms with van der Waals surface area (Å²) in [5, 5.41) is 4.34. The van der Waals surface area contributed by atoms with Crippen LogP contribution in [0.4, 0.5) is 5.69 Å². The van der Waals surface area contributed by atoms with E-state index in [1.807, 2.05) is 0 Å². The number of esters is 1. The predicted octanol–water partition coefficient (Wildman–Crippen LogP) is 2.02. The number of amides is 1. The fraction of sp³-hybridized carbons (Fsp3) is 0.333. The number of nitrogens with one attached hydrogen (secondary N) is 1. The lowest BCUT2D eigenvalue weighted by Gasteiger charge is -2.04. The van der Waals surface area contributed by atoms with Gasteiger partial charge in [-0.1, -0.05) is 0 Å². The van der Waals surface area contributed by atoms with Gasteiger partial charge in [0.1, 0.15) is 10.8 Å². The monoisotopic (exact) mass is 247 g/mol. The van der Waals surface area contributed by atoms with Crippen LogP contribution < -0.4 is 5.32 Å². The highest BCUT2D eigenvalue weighted by Gasteiger charge is 2.17. The standard InChI is InChI=1S/C9H10ClNO3S/c1-5-4-15-8(9(13)14-2)7(5)11-6(12)3-10/h4H,3H2,1-2H3,(H,11,12). The number of methoxy groups -OCH3 is 1. The Labute approximate surface area is 96.2 Å². The van der Waals surface area contributed by atoms with Gasteiger partial charge in [-0.25, -0.2) is 4.79 Å². The Hall–Kier alpha value is -1.07. The number of rotatable bonds is 3. The summed E-state index contributed by atoms with van der Waals surface area (Å²) in [7, 11) is 1.30. The van der Waals surface area contributed by atoms with E-state index in [1.54, 1.807) is 12.3 Å². The maximum absolute atomic E-state index is 11.3. The Bertz CT molecular complexity index is 389. The third-order valence-electron chi connectivity index (χ3n) is 1.73. The number of aryl methyl sites for hydroxylation is 1. The molecule has 82 valence electrons. The highest BCUT2D eigenvalue weighted by Crippen LogP contribution is 2.28. The number of anilines is 1. The SMILES string of the molecule is COC(=O)c1scc(C)c1NC(=O)CCl. The lowest BCUT2D eigenvalue weighted by molar-refractivity contribution is -0.113. The molecule has 0 aliphatic rings. The van der Waals surface area contributed by atoms with Crippen molar-refractivity contribution < 1.29 is 14.3 Å². The van der Waals surface area contributed by atoms with Gasteiger partial charge in [-0.3, -0.25) is 4.79 Å². The van der Waals surface area contributed by atoms with Gasteiger partial charge in [0.15, 0.2) is 0 Å². The summed E-state index contributed by atoms with van der Waals surface area (Å²) in [6.45, 7) is 1.80. The van der Waals surface area contributed by atoms with Crippen LogP contribution in [0.3, 0.4) is 0 Å². The number of hydrogen-bond donors (Lipinski definition) is 1. The van der Waals surface area contributed by atoms with Crippen LogP contribution in [-0.4, -0.2) is 24.9 Å². The van der Waals surface area contributed by atoms with Crippen molar-refractivity contribution in [2.45, 2.75) is 6.92 Å². The summed E-state index contributed by atoms with van der Waals surface area (Å²) in [4.78, 5) is 22.8. The first-order valence-electron chi connectivity index (χ1n) is 4.12. The van der Waals surface area contributed by atoms with E-state index in [4.69, 9.17) is 11.6 Å². The summed E-state index contributed by atoms with van der Waals surface area (Å²) < 4.78 is 4.59. The van der Waals surface area contributed by atoms with E-state index in [-0.39, 0.29) is 11.8 Å². The lowest BCUT2D eigenvalue weighted by atomic mass is 10.2. The molecule has 0 saturated heterocycles. The molecule has 4 nitrogen and oxygen atoms in total. The molecular weight excluding hydrogens is 238 g/mol. The van der Waals surface area contributed by atoms with Crippen LogP contribution in [0.2, 0.25) is 0 Å². The van der Waals surface area contributed by atoms with Crippen molar-refractivity contribution in [3.05, 3.63) is 15.8 Å². The molecule has 0 radical (unpaired) electrons. The molecule has 0 aliphatic heterocycles. The summed E-state index contributed by atoms with van der Waals surface area (Å²) in [6, 6.07) is 0. The van der Waals surface area contributed by atoms with Crippen molar-refractivity contribution in [1.29, 1.82) is 0 Å². The molecule has 1 rings (SSSR count). The molecule has 0 bridgehead atoms. The second-order valence-electron chi connectivity index (χ2n) is 2.80. The van der Waals surface area contributed by atoms with Gasteiger partial charge in [0.25, 0.3) is 0 Å². The van der Waals surface area contributed by atoms with E-state index in [1.165, 1.54) is 18.4 Å². The molecule has 0 spiro atoms. The van der Waals surface area contributed by atoms with Crippen molar-refractivity contribution >= 4 is 40.5 Å². The topological polar surface area (TPSA) is 55.4 Å². The van der Waals surface area contributed by atoms with Crippen molar-refractivity contribution in [2.75, 3.05) is 18.3 Å². The van der Waals surface area contributed by atoms with Gasteiger partial charge in [-0.05, 0) is 17.9 Å². The first kappa shape index (κ1) is 12.0. The molecule has 0 aromatic carbocycles. The number of carbonyl (C=O) groups is 2. The number of thiophene rings is 1. The minimum atomic E-state index is -0.460. The zero-order valence-corrected chi connectivity index (χ0v) is 9.87. The van der Waals surface area contributed by atoms with Crippen LogP contribution in [0.1, 0.15) is 15.2 Å². The number of ether oxygens (including phenoxy) is 1. The zero-order chi connectivity index (χ0) is 11.4. The van der Waals surface area contributed by atoms with Gasteiger partial charge in [0.2, 0.25) is 5.91 Å². The minimum Gasteiger partial charge on any atom is -0.465 e. The Morgan fingerprint density at radius 3 is 2.80 bits per heavy atom. The number of halogens is 1. The smallest absolute Gasteiger partial charge is 0.350 e. The summed E-state index contributed by atoms with van der Waals surface area (Å²) in [5.41, 5.74) is 1.30. The normalized spacial score (nSPS) is 9.80. The Balaban J connectivity index is 2.99. The molecule has 6 heteroatoms. The summed E-state index contributed by atoms with van der Waals surface area (Å²) in [5.74, 6) is -0.947. The van der Waals surface area contributed by atoms with E-state index >= 15 is 0 Å². The molecule has 0 atom stereocenters. The Kier molecular flexibility index (Phi) is 4.11. The molecule has 15 heavy (non-hydrogen) atoms. The van der Waals surface area contributed by atoms with Crippen LogP contribution in [0.25, 0.3) is 0 Å². The fourth-order valence-corrected chi connectivity index (χ4v) is 2.00. The van der Waals surface area contributed by atoms with Gasteiger partial charge in [0, 0.05) is 0 Å². The molecule has 0 saturated carbocycles. The lowest BCUT2D eigenvalue weighted by Crippen LogP contribution is -2.15. The third-order valence-corrected chi connectivity index (χ3v) is 3.05. The maximum Gasteiger partial charge on any atom is 0.350 e. The first-order valence-corrected chi connectivity index (χ1v) is 5.53. The number of carbonyl (C=O) groups excluding carboxylic acids is 2. The van der Waals surface area contributed by atoms with Gasteiger partial charge in [-0.15, -0.1) is 22.9 Å². The molecule has 1 aromatic heterocycles. The second-order valence-corrected chi connectivity index (χ2v) is 3.94. The van der Waals surface area contributed by atoms with E-state index in [0.29, 0.717) is 10.6 Å². The molecule has 1 heterocycles. The molecule has 0 fully saturated rings. The molecule has 1 N–H and O–H groups in total. The second kappa shape index (κ2) is 5.14. The average molecular weight is 248 g/mol. The van der Waals surface area contributed by atoms with Gasteiger partial charge in [-0.2, -0.15) is 0 Å². The van der Waals surface area contributed by atoms with Crippen LogP contribution >= 0.6 is 22.9 Å². The molecule has 0 aliphatic carbocycles. The molecule has 1 aromatic rings. The molecule has 1 amide bonds. The van der Waals surface area contributed by atoms with Gasteiger partial charge >= 0.3 is 5.97 Å². The maximum atomic E-state index is 11.3. The first-order chi connectivity index (χ1) is 7.10. The fourth-order valence-electron chi connectivity index (χ4n) is 1.02. The quantitative estimate of drug-likeness (QED) is 0.657. The van der Waals surface area contributed by atoms with Crippen LogP contribution in [0.5, 0.6) is 0 Å². The van der Waals surface area contributed by atoms with E-state index in [2.05, 4.69) is 10.1 Å². The highest BCUT2D eigenvalue weighted by atomic mass is 35.5. The van der Waals surface area contributed by atoms with Crippen LogP contribution in [0, 0.1) is 6.92 Å². The summed E-state index contributed by atoms with van der Waals surface area (Å²) in [6.07, 6.45) is 0. The highest BCUT2D eigenvalue weighted by molar-refractivity contribution is 7.12. The number of hydrogen-bond acceptors (Lipinski definition) is 4. The van der Waals surface area contributed by atoms with Gasteiger partial charge in [0.05, 0.1) is 12.8 Å². The van der Waals surface area contributed by atoms with Crippen LogP contribution in [-0.2, 0) is 9.53 Å². The van der Waals surface area contributed by atoms with Crippen molar-refractivity contribution in [3.8, 4) is 0 Å². The van der Waals surface area contributed by atoms with E-state index < -0.39 is 5.97 Å². The molecule has 0 unspecified atom stereocenters. The van der Waals surface area contributed by atoms with Crippen LogP contribution in [0.15, 0.2) is 5.38 Å².